The zero-order valence-corrected chi connectivity index (χ0v) is 11.3. The van der Waals surface area contributed by atoms with Crippen LogP contribution in [-0.4, -0.2) is 31.1 Å². The van der Waals surface area contributed by atoms with Crippen LogP contribution >= 0.6 is 0 Å². The third-order valence-corrected chi connectivity index (χ3v) is 3.13. The molecular weight excluding hydrogens is 258 g/mol. The molecule has 0 atom stereocenters. The fourth-order valence-corrected chi connectivity index (χ4v) is 2.10. The number of aromatic nitrogens is 1. The summed E-state index contributed by atoms with van der Waals surface area (Å²) in [5, 5.41) is 0.910. The van der Waals surface area contributed by atoms with Crippen molar-refractivity contribution in [3.8, 4) is 0 Å². The molecular formula is C15H15NO4. The molecule has 1 aromatic carbocycles. The number of methoxy groups -OCH3 is 2. The normalized spacial score (nSPS) is 10.6. The van der Waals surface area contributed by atoms with E-state index >= 15 is 0 Å². The highest BCUT2D eigenvalue weighted by Crippen LogP contribution is 2.20. The second-order valence-electron chi connectivity index (χ2n) is 4.29. The molecule has 0 fully saturated rings. The molecule has 0 saturated heterocycles. The summed E-state index contributed by atoms with van der Waals surface area (Å²) in [6.07, 6.45) is 1.88. The summed E-state index contributed by atoms with van der Waals surface area (Å²) in [6.45, 7) is 0. The molecule has 2 rings (SSSR count). The maximum atomic E-state index is 11.7. The Hall–Kier alpha value is -2.43. The van der Waals surface area contributed by atoms with Gasteiger partial charge in [-0.1, -0.05) is 18.2 Å². The molecule has 1 heterocycles. The molecule has 0 saturated carbocycles. The standard InChI is InChI=1S/C15H15NO4/c1-19-14(17)12(15(18)20-2)9-10-7-8-16-13-6-4-3-5-11(10)13/h3-8,12H,9H2,1-2H3. The Morgan fingerprint density at radius 1 is 1.10 bits per heavy atom. The molecule has 0 bridgehead atoms. The van der Waals surface area contributed by atoms with Crippen molar-refractivity contribution in [2.75, 3.05) is 14.2 Å². The highest BCUT2D eigenvalue weighted by atomic mass is 16.5. The number of nitrogens with zero attached hydrogens (tertiary/aromatic N) is 1. The molecule has 1 aromatic heterocycles. The van der Waals surface area contributed by atoms with Crippen LogP contribution in [0.1, 0.15) is 5.56 Å². The first-order chi connectivity index (χ1) is 9.67. The number of esters is 2. The average molecular weight is 273 g/mol. The SMILES string of the molecule is COC(=O)C(Cc1ccnc2ccccc12)C(=O)OC. The van der Waals surface area contributed by atoms with Gasteiger partial charge in [-0.2, -0.15) is 0 Å². The van der Waals surface area contributed by atoms with Gasteiger partial charge in [-0.3, -0.25) is 14.6 Å². The second-order valence-corrected chi connectivity index (χ2v) is 4.29. The number of carbonyl (C=O) groups is 2. The lowest BCUT2D eigenvalue weighted by Crippen LogP contribution is -2.28. The zero-order valence-electron chi connectivity index (χ0n) is 11.3. The van der Waals surface area contributed by atoms with Crippen molar-refractivity contribution in [1.82, 2.24) is 4.98 Å². The van der Waals surface area contributed by atoms with Crippen molar-refractivity contribution in [1.29, 1.82) is 0 Å². The number of carbonyl (C=O) groups excluding carboxylic acids is 2. The Kier molecular flexibility index (Phi) is 4.30. The van der Waals surface area contributed by atoms with Crippen LogP contribution in [-0.2, 0) is 25.5 Å². The first kappa shape index (κ1) is 14.0. The van der Waals surface area contributed by atoms with Crippen LogP contribution in [0.2, 0.25) is 0 Å². The van der Waals surface area contributed by atoms with E-state index in [9.17, 15) is 9.59 Å². The maximum Gasteiger partial charge on any atom is 0.320 e. The predicted molar refractivity (Wildman–Crippen MR) is 73.0 cm³/mol. The second kappa shape index (κ2) is 6.14. The van der Waals surface area contributed by atoms with E-state index in [1.807, 2.05) is 24.3 Å². The van der Waals surface area contributed by atoms with Crippen LogP contribution in [0.5, 0.6) is 0 Å². The van der Waals surface area contributed by atoms with Crippen molar-refractivity contribution in [3.63, 3.8) is 0 Å². The van der Waals surface area contributed by atoms with Gasteiger partial charge in [0.25, 0.3) is 0 Å². The van der Waals surface area contributed by atoms with E-state index in [-0.39, 0.29) is 6.42 Å². The monoisotopic (exact) mass is 273 g/mol. The molecule has 0 aliphatic heterocycles. The van der Waals surface area contributed by atoms with Crippen molar-refractivity contribution in [2.45, 2.75) is 6.42 Å². The molecule has 5 nitrogen and oxygen atoms in total. The molecule has 2 aromatic rings. The summed E-state index contributed by atoms with van der Waals surface area (Å²) in [4.78, 5) is 27.7. The molecule has 0 amide bonds. The van der Waals surface area contributed by atoms with E-state index in [1.165, 1.54) is 14.2 Å². The molecule has 0 aliphatic rings. The zero-order chi connectivity index (χ0) is 14.5. The molecule has 5 heteroatoms. The molecule has 0 aliphatic carbocycles. The summed E-state index contributed by atoms with van der Waals surface area (Å²) < 4.78 is 9.33. The van der Waals surface area contributed by atoms with Crippen LogP contribution < -0.4 is 0 Å². The smallest absolute Gasteiger partial charge is 0.320 e. The van der Waals surface area contributed by atoms with E-state index in [0.29, 0.717) is 0 Å². The van der Waals surface area contributed by atoms with Gasteiger partial charge in [-0.25, -0.2) is 0 Å². The number of ether oxygens (including phenoxy) is 2. The third kappa shape index (κ3) is 2.77. The Morgan fingerprint density at radius 2 is 1.75 bits per heavy atom. The van der Waals surface area contributed by atoms with Crippen molar-refractivity contribution < 1.29 is 19.1 Å². The minimum atomic E-state index is -0.962. The van der Waals surface area contributed by atoms with Gasteiger partial charge in [0.2, 0.25) is 0 Å². The van der Waals surface area contributed by atoms with Gasteiger partial charge in [0.15, 0.2) is 5.92 Å². The lowest BCUT2D eigenvalue weighted by atomic mass is 9.97. The summed E-state index contributed by atoms with van der Waals surface area (Å²) in [6, 6.07) is 9.35. The van der Waals surface area contributed by atoms with Crippen molar-refractivity contribution >= 4 is 22.8 Å². The van der Waals surface area contributed by atoms with Crippen LogP contribution in [0.25, 0.3) is 10.9 Å². The first-order valence-corrected chi connectivity index (χ1v) is 6.15. The summed E-state index contributed by atoms with van der Waals surface area (Å²) in [7, 11) is 2.51. The molecule has 0 spiro atoms. The molecule has 0 unspecified atom stereocenters. The number of pyridine rings is 1. The quantitative estimate of drug-likeness (QED) is 0.627. The number of benzene rings is 1. The van der Waals surface area contributed by atoms with E-state index in [0.717, 1.165) is 16.5 Å². The minimum Gasteiger partial charge on any atom is -0.468 e. The Bertz CT molecular complexity index is 617. The summed E-state index contributed by atoms with van der Waals surface area (Å²) in [5.74, 6) is -2.16. The predicted octanol–water partition coefficient (Wildman–Crippen LogP) is 1.74. The highest BCUT2D eigenvalue weighted by molar-refractivity contribution is 5.95. The van der Waals surface area contributed by atoms with Crippen LogP contribution in [0.4, 0.5) is 0 Å². The molecule has 0 N–H and O–H groups in total. The third-order valence-electron chi connectivity index (χ3n) is 3.13. The topological polar surface area (TPSA) is 65.5 Å². The fraction of sp³-hybridized carbons (Fsp3) is 0.267. The lowest BCUT2D eigenvalue weighted by Gasteiger charge is -2.13. The highest BCUT2D eigenvalue weighted by Gasteiger charge is 2.29. The number of para-hydroxylation sites is 1. The van der Waals surface area contributed by atoms with Gasteiger partial charge in [0.1, 0.15) is 0 Å². The summed E-state index contributed by atoms with van der Waals surface area (Å²) >= 11 is 0. The fourth-order valence-electron chi connectivity index (χ4n) is 2.10. The molecule has 104 valence electrons. The number of rotatable bonds is 4. The Balaban J connectivity index is 2.38. The first-order valence-electron chi connectivity index (χ1n) is 6.15. The Labute approximate surface area is 116 Å². The maximum absolute atomic E-state index is 11.7. The van der Waals surface area contributed by atoms with Crippen LogP contribution in [0.15, 0.2) is 36.5 Å². The van der Waals surface area contributed by atoms with Crippen LogP contribution in [0, 0.1) is 5.92 Å². The molecule has 20 heavy (non-hydrogen) atoms. The average Bonchev–Trinajstić information content (AvgIpc) is 2.51. The van der Waals surface area contributed by atoms with Gasteiger partial charge in [-0.05, 0) is 24.1 Å². The van der Waals surface area contributed by atoms with E-state index in [2.05, 4.69) is 14.5 Å². The number of fused-ring (bicyclic) bond motifs is 1. The number of hydrogen-bond acceptors (Lipinski definition) is 5. The van der Waals surface area contributed by atoms with Gasteiger partial charge in [0, 0.05) is 11.6 Å². The van der Waals surface area contributed by atoms with E-state index in [4.69, 9.17) is 0 Å². The lowest BCUT2D eigenvalue weighted by molar-refractivity contribution is -0.158. The minimum absolute atomic E-state index is 0.225. The van der Waals surface area contributed by atoms with Crippen molar-refractivity contribution in [2.24, 2.45) is 5.92 Å². The molecule has 0 radical (unpaired) electrons. The van der Waals surface area contributed by atoms with E-state index in [1.54, 1.807) is 12.3 Å². The van der Waals surface area contributed by atoms with Gasteiger partial charge < -0.3 is 9.47 Å². The van der Waals surface area contributed by atoms with Gasteiger partial charge >= 0.3 is 11.9 Å². The van der Waals surface area contributed by atoms with E-state index < -0.39 is 17.9 Å². The van der Waals surface area contributed by atoms with Gasteiger partial charge in [-0.15, -0.1) is 0 Å². The summed E-state index contributed by atoms with van der Waals surface area (Å²) in [5.41, 5.74) is 1.68. The van der Waals surface area contributed by atoms with Gasteiger partial charge in [0.05, 0.1) is 19.7 Å². The Morgan fingerprint density at radius 3 is 2.40 bits per heavy atom. The van der Waals surface area contributed by atoms with Crippen LogP contribution in [0.3, 0.4) is 0 Å². The van der Waals surface area contributed by atoms with Crippen molar-refractivity contribution in [3.05, 3.63) is 42.1 Å². The largest absolute Gasteiger partial charge is 0.468 e. The number of hydrogen-bond donors (Lipinski definition) is 0.